The predicted molar refractivity (Wildman–Crippen MR) is 325 cm³/mol. The average Bonchev–Trinajstić information content (AvgIpc) is 3.40. The predicted octanol–water partition coefficient (Wildman–Crippen LogP) is 21.4. The summed E-state index contributed by atoms with van der Waals surface area (Å²) in [6, 6.07) is 0. The minimum Gasteiger partial charge on any atom is -0.462 e. The molecule has 0 fully saturated rings. The van der Waals surface area contributed by atoms with Gasteiger partial charge in [-0.05, 0) is 89.9 Å². The van der Waals surface area contributed by atoms with Crippen molar-refractivity contribution >= 4 is 11.9 Å². The molecular formula is C69H116O5. The van der Waals surface area contributed by atoms with Crippen molar-refractivity contribution in [1.82, 2.24) is 0 Å². The standard InChI is InChI=1S/C69H116O5/c1-3-5-7-9-11-13-15-17-19-21-23-25-27-29-30-31-32-33-34-35-36-37-38-40-42-44-46-48-50-52-54-56-58-60-62-64-69(72)74-67(65-70)66-73-68(71)63-61-59-57-55-53-51-49-47-45-43-41-39-28-26-24-22-20-18-16-14-12-10-8-6-4-2/h5,7,11,13,17,19,23,25,29-30,32-33,35-36,38,40,44,46,50,52,67,70H,3-4,6,8-10,12,14-16,18,20-22,24,26-28,31,34,37,39,41-43,45,47-49,51,53-66H2,1-2H3/b7-5-,13-11-,19-17-,25-23-,30-29-,33-32-,36-35-,40-38-,46-44-,52-50-. The van der Waals surface area contributed by atoms with Gasteiger partial charge < -0.3 is 14.6 Å². The van der Waals surface area contributed by atoms with Crippen LogP contribution in [0.25, 0.3) is 0 Å². The van der Waals surface area contributed by atoms with Gasteiger partial charge in [0.15, 0.2) is 6.10 Å². The fourth-order valence-electron chi connectivity index (χ4n) is 8.64. The molecule has 0 aliphatic carbocycles. The lowest BCUT2D eigenvalue weighted by Crippen LogP contribution is -2.28. The molecule has 0 saturated carbocycles. The van der Waals surface area contributed by atoms with Gasteiger partial charge in [-0.25, -0.2) is 0 Å². The Bertz CT molecular complexity index is 1490. The number of allylic oxidation sites excluding steroid dienone is 20. The number of hydrogen-bond acceptors (Lipinski definition) is 5. The number of esters is 2. The van der Waals surface area contributed by atoms with Crippen LogP contribution in [0.15, 0.2) is 122 Å². The summed E-state index contributed by atoms with van der Waals surface area (Å²) in [7, 11) is 0. The highest BCUT2D eigenvalue weighted by Gasteiger charge is 2.16. The molecule has 0 rings (SSSR count). The molecular weight excluding hydrogens is 909 g/mol. The summed E-state index contributed by atoms with van der Waals surface area (Å²) >= 11 is 0. The molecule has 0 aromatic carbocycles. The summed E-state index contributed by atoms with van der Waals surface area (Å²) in [5.74, 6) is -0.617. The minimum absolute atomic E-state index is 0.0802. The molecule has 5 nitrogen and oxygen atoms in total. The lowest BCUT2D eigenvalue weighted by Gasteiger charge is -2.15. The van der Waals surface area contributed by atoms with Gasteiger partial charge in [0, 0.05) is 12.8 Å². The van der Waals surface area contributed by atoms with E-state index in [4.69, 9.17) is 9.47 Å². The Morgan fingerprint density at radius 2 is 0.581 bits per heavy atom. The third-order valence-corrected chi connectivity index (χ3v) is 13.3. The van der Waals surface area contributed by atoms with E-state index in [2.05, 4.69) is 135 Å². The van der Waals surface area contributed by atoms with Crippen molar-refractivity contribution < 1.29 is 24.2 Å². The molecule has 0 aliphatic heterocycles. The summed E-state index contributed by atoms with van der Waals surface area (Å²) in [5.41, 5.74) is 0. The van der Waals surface area contributed by atoms with E-state index in [0.717, 1.165) is 116 Å². The molecule has 1 atom stereocenters. The molecule has 0 saturated heterocycles. The third-order valence-electron chi connectivity index (χ3n) is 13.3. The second-order valence-electron chi connectivity index (χ2n) is 20.4. The van der Waals surface area contributed by atoms with E-state index in [9.17, 15) is 14.7 Å². The fourth-order valence-corrected chi connectivity index (χ4v) is 8.64. The van der Waals surface area contributed by atoms with Crippen LogP contribution in [0.1, 0.15) is 284 Å². The third kappa shape index (κ3) is 60.9. The number of carbonyl (C=O) groups excluding carboxylic acids is 2. The van der Waals surface area contributed by atoms with Crippen molar-refractivity contribution in [3.63, 3.8) is 0 Å². The maximum Gasteiger partial charge on any atom is 0.306 e. The van der Waals surface area contributed by atoms with Crippen LogP contribution >= 0.6 is 0 Å². The summed E-state index contributed by atoms with van der Waals surface area (Å²) in [6.07, 6.45) is 93.3. The van der Waals surface area contributed by atoms with Crippen LogP contribution in [0, 0.1) is 0 Å². The quantitative estimate of drug-likeness (QED) is 0.0373. The topological polar surface area (TPSA) is 72.8 Å². The average molecular weight is 1030 g/mol. The number of aliphatic hydroxyl groups is 1. The van der Waals surface area contributed by atoms with Crippen LogP contribution in [0.2, 0.25) is 0 Å². The van der Waals surface area contributed by atoms with E-state index in [1.807, 2.05) is 0 Å². The van der Waals surface area contributed by atoms with Crippen molar-refractivity contribution in [3.05, 3.63) is 122 Å². The first kappa shape index (κ1) is 70.3. The van der Waals surface area contributed by atoms with Crippen LogP contribution < -0.4 is 0 Å². The lowest BCUT2D eigenvalue weighted by molar-refractivity contribution is -0.161. The molecule has 1 unspecified atom stereocenters. The second kappa shape index (κ2) is 63.6. The number of hydrogen-bond donors (Lipinski definition) is 1. The summed E-state index contributed by atoms with van der Waals surface area (Å²) < 4.78 is 10.7. The Labute approximate surface area is 458 Å². The normalized spacial score (nSPS) is 13.1. The smallest absolute Gasteiger partial charge is 0.306 e. The van der Waals surface area contributed by atoms with E-state index in [1.165, 1.54) is 141 Å². The summed E-state index contributed by atoms with van der Waals surface area (Å²) in [6.45, 7) is 4.03. The molecule has 0 radical (unpaired) electrons. The molecule has 422 valence electrons. The molecule has 0 aromatic rings. The van der Waals surface area contributed by atoms with E-state index in [-0.39, 0.29) is 25.2 Å². The van der Waals surface area contributed by atoms with Crippen molar-refractivity contribution in [3.8, 4) is 0 Å². The zero-order valence-electron chi connectivity index (χ0n) is 48.3. The van der Waals surface area contributed by atoms with E-state index in [1.54, 1.807) is 0 Å². The molecule has 74 heavy (non-hydrogen) atoms. The van der Waals surface area contributed by atoms with Gasteiger partial charge in [0.1, 0.15) is 6.61 Å². The van der Waals surface area contributed by atoms with Crippen LogP contribution in [-0.4, -0.2) is 36.4 Å². The van der Waals surface area contributed by atoms with Crippen LogP contribution in [0.3, 0.4) is 0 Å². The van der Waals surface area contributed by atoms with Crippen LogP contribution in [-0.2, 0) is 19.1 Å². The molecule has 0 heterocycles. The zero-order chi connectivity index (χ0) is 53.4. The highest BCUT2D eigenvalue weighted by atomic mass is 16.6. The van der Waals surface area contributed by atoms with Crippen molar-refractivity contribution in [1.29, 1.82) is 0 Å². The van der Waals surface area contributed by atoms with Gasteiger partial charge in [0.25, 0.3) is 0 Å². The van der Waals surface area contributed by atoms with Gasteiger partial charge in [-0.3, -0.25) is 9.59 Å². The van der Waals surface area contributed by atoms with Crippen LogP contribution in [0.5, 0.6) is 0 Å². The SMILES string of the molecule is CC/C=C\C/C=C\C/C=C\C/C=C\C/C=C\C/C=C\C/C=C\C/C=C\C/C=C\C/C=C\CCCCCCC(=O)OC(CO)COC(=O)CCCCCCCCCCCCCCCCCCCCCCCCCCC. The summed E-state index contributed by atoms with van der Waals surface area (Å²) in [4.78, 5) is 24.6. The molecule has 0 aromatic heterocycles. The Kier molecular flexibility index (Phi) is 60.4. The Hall–Kier alpha value is -3.70. The Balaban J connectivity index is 3.59. The van der Waals surface area contributed by atoms with Crippen molar-refractivity contribution in [2.45, 2.75) is 290 Å². The van der Waals surface area contributed by atoms with Gasteiger partial charge in [-0.2, -0.15) is 0 Å². The largest absolute Gasteiger partial charge is 0.462 e. The number of unbranched alkanes of at least 4 members (excludes halogenated alkanes) is 28. The maximum absolute atomic E-state index is 12.3. The molecule has 0 bridgehead atoms. The zero-order valence-corrected chi connectivity index (χ0v) is 48.3. The van der Waals surface area contributed by atoms with E-state index in [0.29, 0.717) is 12.8 Å². The Morgan fingerprint density at radius 1 is 0.324 bits per heavy atom. The first-order chi connectivity index (χ1) is 36.6. The number of rotatable bonds is 56. The van der Waals surface area contributed by atoms with Crippen molar-refractivity contribution in [2.75, 3.05) is 13.2 Å². The molecule has 0 amide bonds. The first-order valence-electron chi connectivity index (χ1n) is 31.1. The van der Waals surface area contributed by atoms with Gasteiger partial charge in [0.05, 0.1) is 6.61 Å². The lowest BCUT2D eigenvalue weighted by atomic mass is 10.0. The minimum atomic E-state index is -0.794. The monoisotopic (exact) mass is 1020 g/mol. The fraction of sp³-hybridized carbons (Fsp3) is 0.681. The molecule has 5 heteroatoms. The van der Waals surface area contributed by atoms with Crippen molar-refractivity contribution in [2.24, 2.45) is 0 Å². The van der Waals surface area contributed by atoms with Crippen LogP contribution in [0.4, 0.5) is 0 Å². The molecule has 1 N–H and O–H groups in total. The second-order valence-corrected chi connectivity index (χ2v) is 20.4. The van der Waals surface area contributed by atoms with Gasteiger partial charge in [-0.15, -0.1) is 0 Å². The highest BCUT2D eigenvalue weighted by molar-refractivity contribution is 5.70. The number of aliphatic hydroxyl groups excluding tert-OH is 1. The summed E-state index contributed by atoms with van der Waals surface area (Å²) in [5, 5.41) is 9.67. The van der Waals surface area contributed by atoms with E-state index < -0.39 is 6.10 Å². The van der Waals surface area contributed by atoms with Gasteiger partial charge >= 0.3 is 11.9 Å². The highest BCUT2D eigenvalue weighted by Crippen LogP contribution is 2.17. The Morgan fingerprint density at radius 3 is 0.878 bits per heavy atom. The first-order valence-corrected chi connectivity index (χ1v) is 31.1. The number of ether oxygens (including phenoxy) is 2. The van der Waals surface area contributed by atoms with E-state index >= 15 is 0 Å². The maximum atomic E-state index is 12.3. The number of carbonyl (C=O) groups is 2. The molecule has 0 aliphatic rings. The van der Waals surface area contributed by atoms with Gasteiger partial charge in [0.2, 0.25) is 0 Å². The van der Waals surface area contributed by atoms with Gasteiger partial charge in [-0.1, -0.05) is 302 Å². The molecule has 0 spiro atoms.